The van der Waals surface area contributed by atoms with Crippen molar-refractivity contribution in [3.8, 4) is 0 Å². The van der Waals surface area contributed by atoms with Gasteiger partial charge in [-0.3, -0.25) is 4.79 Å². The molecule has 0 amide bonds. The van der Waals surface area contributed by atoms with Crippen LogP contribution in [0.2, 0.25) is 0 Å². The Hall–Kier alpha value is -2.09. The summed E-state index contributed by atoms with van der Waals surface area (Å²) in [5.74, 6) is 0.649. The van der Waals surface area contributed by atoms with Crippen molar-refractivity contribution in [3.05, 3.63) is 65.7 Å². The van der Waals surface area contributed by atoms with E-state index < -0.39 is 0 Å². The number of rotatable bonds is 3. The van der Waals surface area contributed by atoms with Crippen molar-refractivity contribution in [2.45, 2.75) is 18.8 Å². The Morgan fingerprint density at radius 2 is 1.55 bits per heavy atom. The lowest BCUT2D eigenvalue weighted by Crippen LogP contribution is -2.33. The maximum atomic E-state index is 11.1. The van der Waals surface area contributed by atoms with Gasteiger partial charge in [0, 0.05) is 24.3 Å². The van der Waals surface area contributed by atoms with Crippen LogP contribution in [0.4, 0.5) is 5.69 Å². The number of carbonyl (C=O) groups is 1. The Bertz CT molecular complexity index is 571. The molecule has 0 radical (unpaired) electrons. The molecule has 0 spiro atoms. The largest absolute Gasteiger partial charge is 0.371 e. The van der Waals surface area contributed by atoms with E-state index in [0.29, 0.717) is 5.92 Å². The second kappa shape index (κ2) is 5.91. The zero-order valence-electron chi connectivity index (χ0n) is 11.5. The predicted molar refractivity (Wildman–Crippen MR) is 82.5 cm³/mol. The first kappa shape index (κ1) is 12.9. The zero-order valence-corrected chi connectivity index (χ0v) is 11.5. The molecule has 0 atom stereocenters. The van der Waals surface area contributed by atoms with E-state index >= 15 is 0 Å². The number of carbonyl (C=O) groups excluding carboxylic acids is 1. The van der Waals surface area contributed by atoms with Crippen molar-refractivity contribution < 1.29 is 4.79 Å². The highest BCUT2D eigenvalue weighted by Gasteiger charge is 2.21. The van der Waals surface area contributed by atoms with E-state index in [-0.39, 0.29) is 0 Å². The van der Waals surface area contributed by atoms with Crippen LogP contribution >= 0.6 is 0 Å². The molecular formula is C18H19NO. The van der Waals surface area contributed by atoms with Crippen LogP contribution in [0.3, 0.4) is 0 Å². The van der Waals surface area contributed by atoms with Gasteiger partial charge in [0.15, 0.2) is 6.29 Å². The van der Waals surface area contributed by atoms with Crippen molar-refractivity contribution in [2.75, 3.05) is 18.0 Å². The van der Waals surface area contributed by atoms with E-state index in [1.54, 1.807) is 0 Å². The van der Waals surface area contributed by atoms with Gasteiger partial charge in [-0.1, -0.05) is 42.5 Å². The van der Waals surface area contributed by atoms with E-state index in [4.69, 9.17) is 0 Å². The molecule has 1 fully saturated rings. The standard InChI is InChI=1S/C18H19NO/c20-14-17-8-4-5-9-18(17)19-12-10-16(11-13-19)15-6-2-1-3-7-15/h1-9,14,16H,10-13H2. The molecule has 0 aliphatic carbocycles. The van der Waals surface area contributed by atoms with Crippen LogP contribution < -0.4 is 4.90 Å². The fourth-order valence-corrected chi connectivity index (χ4v) is 3.05. The van der Waals surface area contributed by atoms with Crippen LogP contribution in [0.5, 0.6) is 0 Å². The SMILES string of the molecule is O=Cc1ccccc1N1CCC(c2ccccc2)CC1. The molecule has 2 aromatic carbocycles. The number of nitrogens with zero attached hydrogens (tertiary/aromatic N) is 1. The van der Waals surface area contributed by atoms with Crippen molar-refractivity contribution in [2.24, 2.45) is 0 Å². The van der Waals surface area contributed by atoms with Gasteiger partial charge in [0.1, 0.15) is 0 Å². The third kappa shape index (κ3) is 2.60. The molecule has 0 N–H and O–H groups in total. The minimum Gasteiger partial charge on any atom is -0.371 e. The van der Waals surface area contributed by atoms with Crippen molar-refractivity contribution >= 4 is 12.0 Å². The monoisotopic (exact) mass is 265 g/mol. The minimum atomic E-state index is 0.649. The van der Waals surface area contributed by atoms with E-state index in [9.17, 15) is 4.79 Å². The van der Waals surface area contributed by atoms with Crippen LogP contribution in [0, 0.1) is 0 Å². The molecule has 20 heavy (non-hydrogen) atoms. The van der Waals surface area contributed by atoms with Gasteiger partial charge in [0.2, 0.25) is 0 Å². The summed E-state index contributed by atoms with van der Waals surface area (Å²) < 4.78 is 0. The number of hydrogen-bond donors (Lipinski definition) is 0. The molecule has 2 aromatic rings. The van der Waals surface area contributed by atoms with Gasteiger partial charge >= 0.3 is 0 Å². The van der Waals surface area contributed by atoms with E-state index in [1.807, 2.05) is 24.3 Å². The van der Waals surface area contributed by atoms with E-state index in [0.717, 1.165) is 43.5 Å². The highest BCUT2D eigenvalue weighted by Crippen LogP contribution is 2.31. The molecule has 0 saturated carbocycles. The van der Waals surface area contributed by atoms with Gasteiger partial charge < -0.3 is 4.90 Å². The Balaban J connectivity index is 1.71. The molecule has 0 unspecified atom stereocenters. The summed E-state index contributed by atoms with van der Waals surface area (Å²) in [5.41, 5.74) is 3.32. The molecule has 1 heterocycles. The summed E-state index contributed by atoms with van der Waals surface area (Å²) in [7, 11) is 0. The molecule has 0 bridgehead atoms. The number of para-hydroxylation sites is 1. The summed E-state index contributed by atoms with van der Waals surface area (Å²) in [6.07, 6.45) is 3.26. The van der Waals surface area contributed by atoms with E-state index in [2.05, 4.69) is 35.2 Å². The molecular weight excluding hydrogens is 246 g/mol. The quantitative estimate of drug-likeness (QED) is 0.785. The van der Waals surface area contributed by atoms with Gasteiger partial charge in [0.25, 0.3) is 0 Å². The summed E-state index contributed by atoms with van der Waals surface area (Å²) in [5, 5.41) is 0. The molecule has 1 saturated heterocycles. The van der Waals surface area contributed by atoms with Gasteiger partial charge in [-0.25, -0.2) is 0 Å². The summed E-state index contributed by atoms with van der Waals surface area (Å²) in [4.78, 5) is 13.5. The maximum absolute atomic E-state index is 11.1. The fraction of sp³-hybridized carbons (Fsp3) is 0.278. The third-order valence-electron chi connectivity index (χ3n) is 4.17. The third-order valence-corrected chi connectivity index (χ3v) is 4.17. The fourth-order valence-electron chi connectivity index (χ4n) is 3.05. The van der Waals surface area contributed by atoms with Crippen LogP contribution in [0.1, 0.15) is 34.7 Å². The van der Waals surface area contributed by atoms with Crippen LogP contribution in [-0.2, 0) is 0 Å². The first-order valence-corrected chi connectivity index (χ1v) is 7.22. The van der Waals surface area contributed by atoms with Crippen LogP contribution in [-0.4, -0.2) is 19.4 Å². The first-order chi connectivity index (χ1) is 9.88. The Morgan fingerprint density at radius 3 is 2.25 bits per heavy atom. The highest BCUT2D eigenvalue weighted by molar-refractivity contribution is 5.84. The summed E-state index contributed by atoms with van der Waals surface area (Å²) in [6, 6.07) is 18.6. The zero-order chi connectivity index (χ0) is 13.8. The number of anilines is 1. The number of aldehydes is 1. The molecule has 2 nitrogen and oxygen atoms in total. The second-order valence-electron chi connectivity index (χ2n) is 5.35. The number of hydrogen-bond acceptors (Lipinski definition) is 2. The molecule has 1 aliphatic heterocycles. The average Bonchev–Trinajstić information content (AvgIpc) is 2.56. The Morgan fingerprint density at radius 1 is 0.900 bits per heavy atom. The molecule has 102 valence electrons. The smallest absolute Gasteiger partial charge is 0.152 e. The second-order valence-corrected chi connectivity index (χ2v) is 5.35. The van der Waals surface area contributed by atoms with E-state index in [1.165, 1.54) is 5.56 Å². The Kier molecular flexibility index (Phi) is 3.82. The maximum Gasteiger partial charge on any atom is 0.152 e. The highest BCUT2D eigenvalue weighted by atomic mass is 16.1. The Labute approximate surface area is 120 Å². The lowest BCUT2D eigenvalue weighted by atomic mass is 9.89. The lowest BCUT2D eigenvalue weighted by Gasteiger charge is -2.34. The normalized spacial score (nSPS) is 16.1. The van der Waals surface area contributed by atoms with Crippen LogP contribution in [0.15, 0.2) is 54.6 Å². The summed E-state index contributed by atoms with van der Waals surface area (Å²) >= 11 is 0. The minimum absolute atomic E-state index is 0.649. The average molecular weight is 265 g/mol. The number of piperidine rings is 1. The molecule has 2 heteroatoms. The first-order valence-electron chi connectivity index (χ1n) is 7.22. The van der Waals surface area contributed by atoms with Gasteiger partial charge in [-0.05, 0) is 36.5 Å². The predicted octanol–water partition coefficient (Wildman–Crippen LogP) is 3.88. The van der Waals surface area contributed by atoms with Crippen molar-refractivity contribution in [3.63, 3.8) is 0 Å². The van der Waals surface area contributed by atoms with Crippen LogP contribution in [0.25, 0.3) is 0 Å². The topological polar surface area (TPSA) is 20.3 Å². The summed E-state index contributed by atoms with van der Waals surface area (Å²) in [6.45, 7) is 2.04. The van der Waals surface area contributed by atoms with Gasteiger partial charge in [0.05, 0.1) is 0 Å². The van der Waals surface area contributed by atoms with Gasteiger partial charge in [-0.15, -0.1) is 0 Å². The van der Waals surface area contributed by atoms with Crippen molar-refractivity contribution in [1.82, 2.24) is 0 Å². The molecule has 1 aliphatic rings. The molecule has 0 aromatic heterocycles. The number of benzene rings is 2. The van der Waals surface area contributed by atoms with Crippen molar-refractivity contribution in [1.29, 1.82) is 0 Å². The van der Waals surface area contributed by atoms with Gasteiger partial charge in [-0.2, -0.15) is 0 Å². The molecule has 3 rings (SSSR count). The lowest BCUT2D eigenvalue weighted by molar-refractivity contribution is 0.112.